The molecule has 0 bridgehead atoms. The number of benzene rings is 1. The number of imidazole rings is 1. The van der Waals surface area contributed by atoms with Gasteiger partial charge in [0.15, 0.2) is 0 Å². The largest absolute Gasteiger partial charge is 0.508 e. The van der Waals surface area contributed by atoms with Crippen LogP contribution in [0, 0.1) is 13.8 Å². The second-order valence-electron chi connectivity index (χ2n) is 4.14. The van der Waals surface area contributed by atoms with Gasteiger partial charge in [-0.3, -0.25) is 4.40 Å². The lowest BCUT2D eigenvalue weighted by Gasteiger charge is -2.05. The average molecular weight is 212 g/mol. The zero-order valence-electron chi connectivity index (χ0n) is 9.23. The molecule has 16 heavy (non-hydrogen) atoms. The molecule has 2 heterocycles. The molecule has 0 saturated heterocycles. The van der Waals surface area contributed by atoms with Crippen LogP contribution < -0.4 is 0 Å². The van der Waals surface area contributed by atoms with Crippen molar-refractivity contribution in [2.75, 3.05) is 0 Å². The van der Waals surface area contributed by atoms with Crippen LogP contribution in [0.5, 0.6) is 5.75 Å². The van der Waals surface area contributed by atoms with E-state index in [0.29, 0.717) is 0 Å². The molecule has 1 aromatic carbocycles. The highest BCUT2D eigenvalue weighted by Crippen LogP contribution is 2.24. The van der Waals surface area contributed by atoms with Crippen LogP contribution in [0.4, 0.5) is 0 Å². The summed E-state index contributed by atoms with van der Waals surface area (Å²) in [5.41, 5.74) is 4.08. The Morgan fingerprint density at radius 1 is 1.19 bits per heavy atom. The van der Waals surface area contributed by atoms with Crippen LogP contribution in [0.15, 0.2) is 30.5 Å². The minimum Gasteiger partial charge on any atom is -0.508 e. The normalized spacial score (nSPS) is 11.4. The average Bonchev–Trinajstić information content (AvgIpc) is 2.59. The van der Waals surface area contributed by atoms with Gasteiger partial charge in [-0.1, -0.05) is 0 Å². The van der Waals surface area contributed by atoms with Crippen LogP contribution in [-0.4, -0.2) is 14.5 Å². The molecule has 0 spiro atoms. The van der Waals surface area contributed by atoms with Gasteiger partial charge >= 0.3 is 0 Å². The summed E-state index contributed by atoms with van der Waals surface area (Å²) in [5.74, 6) is 0.283. The summed E-state index contributed by atoms with van der Waals surface area (Å²) in [5, 5.41) is 10.7. The summed E-state index contributed by atoms with van der Waals surface area (Å²) in [6.45, 7) is 4.03. The first-order valence-electron chi connectivity index (χ1n) is 5.23. The molecule has 0 aliphatic carbocycles. The Bertz CT molecular complexity index is 698. The maximum atomic E-state index is 9.55. The van der Waals surface area contributed by atoms with Gasteiger partial charge in [0.2, 0.25) is 0 Å². The van der Waals surface area contributed by atoms with Gasteiger partial charge in [0.25, 0.3) is 0 Å². The Morgan fingerprint density at radius 2 is 2.00 bits per heavy atom. The van der Waals surface area contributed by atoms with Crippen LogP contribution in [0.25, 0.3) is 16.6 Å². The number of pyridine rings is 1. The summed E-state index contributed by atoms with van der Waals surface area (Å²) >= 11 is 0. The maximum absolute atomic E-state index is 9.55. The molecule has 1 N–H and O–H groups in total. The Kier molecular flexibility index (Phi) is 1.72. The Balaban J connectivity index is 2.60. The van der Waals surface area contributed by atoms with Gasteiger partial charge in [-0.05, 0) is 37.6 Å². The number of aryl methyl sites for hydroxylation is 2. The van der Waals surface area contributed by atoms with Crippen molar-refractivity contribution in [1.29, 1.82) is 0 Å². The number of nitrogens with zero attached hydrogens (tertiary/aromatic N) is 2. The van der Waals surface area contributed by atoms with Gasteiger partial charge in [-0.2, -0.15) is 0 Å². The van der Waals surface area contributed by atoms with Crippen molar-refractivity contribution in [2.45, 2.75) is 13.8 Å². The van der Waals surface area contributed by atoms with Crippen molar-refractivity contribution in [2.24, 2.45) is 0 Å². The molecule has 3 heteroatoms. The highest BCUT2D eigenvalue weighted by atomic mass is 16.3. The summed E-state index contributed by atoms with van der Waals surface area (Å²) in [6, 6.07) is 7.49. The van der Waals surface area contributed by atoms with E-state index in [2.05, 4.69) is 18.0 Å². The van der Waals surface area contributed by atoms with Crippen molar-refractivity contribution >= 4 is 16.6 Å². The highest BCUT2D eigenvalue weighted by molar-refractivity contribution is 5.86. The number of fused-ring (bicyclic) bond motifs is 3. The predicted octanol–water partition coefficient (Wildman–Crippen LogP) is 2.81. The third-order valence-electron chi connectivity index (χ3n) is 2.86. The Labute approximate surface area is 93.0 Å². The molecule has 3 rings (SSSR count). The molecule has 0 radical (unpaired) electrons. The monoisotopic (exact) mass is 212 g/mol. The van der Waals surface area contributed by atoms with Gasteiger partial charge in [-0.25, -0.2) is 4.98 Å². The lowest BCUT2D eigenvalue weighted by molar-refractivity contribution is 0.476. The van der Waals surface area contributed by atoms with E-state index in [1.807, 2.05) is 23.6 Å². The first kappa shape index (κ1) is 9.21. The van der Waals surface area contributed by atoms with Crippen LogP contribution in [-0.2, 0) is 0 Å². The predicted molar refractivity (Wildman–Crippen MR) is 63.8 cm³/mol. The van der Waals surface area contributed by atoms with E-state index in [-0.39, 0.29) is 5.75 Å². The van der Waals surface area contributed by atoms with E-state index in [9.17, 15) is 5.11 Å². The molecule has 3 aromatic rings. The van der Waals surface area contributed by atoms with E-state index in [4.69, 9.17) is 0 Å². The minimum absolute atomic E-state index is 0.283. The van der Waals surface area contributed by atoms with Crippen molar-refractivity contribution in [1.82, 2.24) is 9.38 Å². The van der Waals surface area contributed by atoms with Crippen molar-refractivity contribution in [3.05, 3.63) is 41.7 Å². The molecule has 0 fully saturated rings. The lowest BCUT2D eigenvalue weighted by Crippen LogP contribution is -1.89. The molecule has 80 valence electrons. The fraction of sp³-hybridized carbons (Fsp3) is 0.154. The molecule has 0 aliphatic rings. The number of aromatic nitrogens is 2. The molecule has 0 saturated carbocycles. The van der Waals surface area contributed by atoms with Crippen LogP contribution in [0.3, 0.4) is 0 Å². The second-order valence-corrected chi connectivity index (χ2v) is 4.14. The molecular weight excluding hydrogens is 200 g/mol. The lowest BCUT2D eigenvalue weighted by atomic mass is 10.1. The van der Waals surface area contributed by atoms with Gasteiger partial charge in [0, 0.05) is 17.6 Å². The molecule has 2 aromatic heterocycles. The number of aromatic hydroxyl groups is 1. The van der Waals surface area contributed by atoms with Gasteiger partial charge in [-0.15, -0.1) is 0 Å². The maximum Gasteiger partial charge on any atom is 0.137 e. The van der Waals surface area contributed by atoms with Crippen LogP contribution >= 0.6 is 0 Å². The van der Waals surface area contributed by atoms with E-state index in [1.165, 1.54) is 5.56 Å². The van der Waals surface area contributed by atoms with Crippen LogP contribution in [0.1, 0.15) is 11.3 Å². The number of hydrogen-bond donors (Lipinski definition) is 1. The Hall–Kier alpha value is -2.03. The topological polar surface area (TPSA) is 37.5 Å². The molecule has 3 nitrogen and oxygen atoms in total. The molecular formula is C13H12N2O. The van der Waals surface area contributed by atoms with E-state index >= 15 is 0 Å². The third-order valence-corrected chi connectivity index (χ3v) is 2.86. The molecule has 0 aliphatic heterocycles. The zero-order valence-corrected chi connectivity index (χ0v) is 9.23. The van der Waals surface area contributed by atoms with E-state index in [1.54, 1.807) is 12.1 Å². The second kappa shape index (κ2) is 2.98. The number of hydrogen-bond acceptors (Lipinski definition) is 2. The fourth-order valence-electron chi connectivity index (χ4n) is 2.14. The zero-order chi connectivity index (χ0) is 11.3. The first-order chi connectivity index (χ1) is 7.65. The van der Waals surface area contributed by atoms with Crippen molar-refractivity contribution in [3.63, 3.8) is 0 Å². The molecule has 0 amide bonds. The van der Waals surface area contributed by atoms with Crippen molar-refractivity contribution in [3.8, 4) is 5.75 Å². The van der Waals surface area contributed by atoms with Crippen molar-refractivity contribution < 1.29 is 5.11 Å². The first-order valence-corrected chi connectivity index (χ1v) is 5.23. The summed E-state index contributed by atoms with van der Waals surface area (Å²) < 4.78 is 2.01. The summed E-state index contributed by atoms with van der Waals surface area (Å²) in [6.07, 6.45) is 1.98. The third kappa shape index (κ3) is 1.18. The summed E-state index contributed by atoms with van der Waals surface area (Å²) in [7, 11) is 0. The fourth-order valence-corrected chi connectivity index (χ4v) is 2.14. The highest BCUT2D eigenvalue weighted by Gasteiger charge is 2.06. The molecule has 0 unspecified atom stereocenters. The number of phenolic OH excluding ortho intramolecular Hbond substituents is 1. The van der Waals surface area contributed by atoms with Gasteiger partial charge in [0.05, 0.1) is 11.2 Å². The van der Waals surface area contributed by atoms with E-state index < -0.39 is 0 Å². The quantitative estimate of drug-likeness (QED) is 0.622. The summed E-state index contributed by atoms with van der Waals surface area (Å²) in [4.78, 5) is 4.44. The van der Waals surface area contributed by atoms with Crippen LogP contribution in [0.2, 0.25) is 0 Å². The SMILES string of the molecule is Cc1cn2c(cc(C)c3ccc(O)cc32)n1. The van der Waals surface area contributed by atoms with E-state index in [0.717, 1.165) is 22.2 Å². The smallest absolute Gasteiger partial charge is 0.137 e. The molecule has 0 atom stereocenters. The Morgan fingerprint density at radius 3 is 2.81 bits per heavy atom. The number of rotatable bonds is 0. The standard InChI is InChI=1S/C13H12N2O/c1-8-5-13-14-9(2)7-15(13)12-6-10(16)3-4-11(8)12/h3-7,16H,1-2H3. The minimum atomic E-state index is 0.283. The van der Waals surface area contributed by atoms with Gasteiger partial charge < -0.3 is 5.11 Å². The number of phenols is 1. The van der Waals surface area contributed by atoms with Gasteiger partial charge in [0.1, 0.15) is 11.4 Å².